The van der Waals surface area contributed by atoms with E-state index in [2.05, 4.69) is 42.5 Å². The number of aromatic nitrogens is 1. The Balaban J connectivity index is 0.965. The van der Waals surface area contributed by atoms with E-state index in [0.717, 1.165) is 28.5 Å². The maximum atomic E-state index is 14.6. The van der Waals surface area contributed by atoms with Crippen LogP contribution < -0.4 is 32.3 Å². The van der Waals surface area contributed by atoms with Crippen molar-refractivity contribution in [2.75, 3.05) is 39.8 Å². The smallest absolute Gasteiger partial charge is 0.269 e. The Bertz CT molecular complexity index is 2730. The van der Waals surface area contributed by atoms with Gasteiger partial charge in [0.2, 0.25) is 41.4 Å². The fraction of sp³-hybridized carbons (Fsp3) is 0.463. The first-order valence-electron chi connectivity index (χ1n) is 25.5. The lowest BCUT2D eigenvalue weighted by molar-refractivity contribution is -0.384. The van der Waals surface area contributed by atoms with Gasteiger partial charge in [-0.3, -0.25) is 48.6 Å². The van der Waals surface area contributed by atoms with Crippen molar-refractivity contribution in [3.63, 3.8) is 0 Å². The van der Waals surface area contributed by atoms with Crippen LogP contribution >= 0.6 is 0 Å². The Morgan fingerprint density at radius 1 is 0.824 bits per heavy atom. The molecule has 1 saturated heterocycles. The Morgan fingerprint density at radius 2 is 1.53 bits per heavy atom. The quantitative estimate of drug-likeness (QED) is 0.0304. The third-order valence-corrected chi connectivity index (χ3v) is 14.2. The van der Waals surface area contributed by atoms with Gasteiger partial charge in [0.1, 0.15) is 23.9 Å². The van der Waals surface area contributed by atoms with Gasteiger partial charge >= 0.3 is 0 Å². The number of primary amides is 1. The van der Waals surface area contributed by atoms with Crippen molar-refractivity contribution in [3.8, 4) is 0 Å². The molecular formula is C54H67FN10O9. The third-order valence-electron chi connectivity index (χ3n) is 14.2. The second-order valence-electron chi connectivity index (χ2n) is 19.7. The number of hydrogen-bond donors (Lipinski definition) is 7. The van der Waals surface area contributed by atoms with Gasteiger partial charge in [-0.05, 0) is 104 Å². The molecule has 1 aliphatic carbocycles. The summed E-state index contributed by atoms with van der Waals surface area (Å²) >= 11 is 0. The van der Waals surface area contributed by atoms with Crippen LogP contribution in [0.5, 0.6) is 0 Å². The number of fused-ring (bicyclic) bond motifs is 2. The molecule has 3 aliphatic rings. The lowest BCUT2D eigenvalue weighted by Crippen LogP contribution is -2.58. The minimum absolute atomic E-state index is 0.0145. The monoisotopic (exact) mass is 1020 g/mol. The zero-order valence-electron chi connectivity index (χ0n) is 42.0. The second-order valence-corrected chi connectivity index (χ2v) is 19.7. The number of nitrogens with two attached hydrogens (primary N) is 1. The number of likely N-dealkylation sites (N-methyl/N-ethyl adjacent to an activating group) is 1. The van der Waals surface area contributed by atoms with Crippen LogP contribution in [0.15, 0.2) is 79.0 Å². The van der Waals surface area contributed by atoms with Gasteiger partial charge in [-0.1, -0.05) is 48.9 Å². The van der Waals surface area contributed by atoms with E-state index in [0.29, 0.717) is 95.1 Å². The number of carbonyl (C=O) groups excluding carboxylic acids is 7. The number of aromatic amines is 1. The molecule has 0 saturated carbocycles. The van der Waals surface area contributed by atoms with Gasteiger partial charge in [0, 0.05) is 94.2 Å². The number of benzene rings is 3. The summed E-state index contributed by atoms with van der Waals surface area (Å²) in [7, 11) is 1.97. The van der Waals surface area contributed by atoms with Crippen molar-refractivity contribution in [1.29, 1.82) is 0 Å². The number of nitro groups is 1. The molecule has 7 rings (SSSR count). The SMILES string of the molecule is CC(=O)N[C@@H](CCCCNC(=O)CCCCCNC(=O)C1CCCN(C(=O)[C@H](Cc2ccc(F)cc2)NC(=O)[C@H](Cc2ccc([N+](=O)[O-])cc2)NC(=O)[C@@H]2C=C3c4cccc5[nH]cc(c45)C[C@H]3N(C)C2)C1)C(N)=O. The van der Waals surface area contributed by atoms with Crippen LogP contribution in [0.1, 0.15) is 87.0 Å². The van der Waals surface area contributed by atoms with Gasteiger partial charge < -0.3 is 42.2 Å². The van der Waals surface area contributed by atoms with Gasteiger partial charge in [-0.25, -0.2) is 4.39 Å². The molecule has 20 heteroatoms. The lowest BCUT2D eigenvalue weighted by atomic mass is 9.79. The summed E-state index contributed by atoms with van der Waals surface area (Å²) in [6.07, 6.45) is 9.63. The molecular weight excluding hydrogens is 952 g/mol. The Hall–Kier alpha value is -7.48. The Morgan fingerprint density at radius 3 is 2.24 bits per heavy atom. The van der Waals surface area contributed by atoms with Gasteiger partial charge in [-0.15, -0.1) is 0 Å². The molecule has 2 aliphatic heterocycles. The summed E-state index contributed by atoms with van der Waals surface area (Å²) in [5.74, 6) is -4.42. The largest absolute Gasteiger partial charge is 0.368 e. The van der Waals surface area contributed by atoms with Crippen LogP contribution in [0.3, 0.4) is 0 Å². The topological polar surface area (TPSA) is 271 Å². The molecule has 1 unspecified atom stereocenters. The lowest BCUT2D eigenvalue weighted by Gasteiger charge is -2.39. The van der Waals surface area contributed by atoms with Crippen molar-refractivity contribution in [2.24, 2.45) is 17.6 Å². The van der Waals surface area contributed by atoms with Crippen molar-refractivity contribution < 1.29 is 42.9 Å². The first kappa shape index (κ1) is 54.3. The molecule has 3 heterocycles. The molecule has 3 aromatic carbocycles. The van der Waals surface area contributed by atoms with Crippen LogP contribution in [-0.4, -0.2) is 125 Å². The number of rotatable bonds is 24. The summed E-state index contributed by atoms with van der Waals surface area (Å²) in [5.41, 5.74) is 10.6. The van der Waals surface area contributed by atoms with Gasteiger partial charge in [-0.2, -0.15) is 0 Å². The first-order chi connectivity index (χ1) is 35.5. The number of nitro benzene ring substituents is 1. The fourth-order valence-electron chi connectivity index (χ4n) is 10.3. The zero-order chi connectivity index (χ0) is 52.9. The highest BCUT2D eigenvalue weighted by molar-refractivity contribution is 6.00. The molecule has 8 N–H and O–H groups in total. The number of non-ortho nitro benzene ring substituents is 1. The highest BCUT2D eigenvalue weighted by Gasteiger charge is 2.38. The highest BCUT2D eigenvalue weighted by atomic mass is 19.1. The highest BCUT2D eigenvalue weighted by Crippen LogP contribution is 2.41. The summed E-state index contributed by atoms with van der Waals surface area (Å²) in [6, 6.07) is 14.3. The number of H-pyrrole nitrogens is 1. The van der Waals surface area contributed by atoms with E-state index in [1.807, 2.05) is 31.5 Å². The van der Waals surface area contributed by atoms with Crippen molar-refractivity contribution in [3.05, 3.63) is 117 Å². The van der Waals surface area contributed by atoms with E-state index in [4.69, 9.17) is 5.73 Å². The first-order valence-corrected chi connectivity index (χ1v) is 25.5. The number of nitrogens with zero attached hydrogens (tertiary/aromatic N) is 3. The molecule has 19 nitrogen and oxygen atoms in total. The Kier molecular flexibility index (Phi) is 18.7. The molecule has 1 fully saturated rings. The number of amides is 7. The van der Waals surface area contributed by atoms with Crippen molar-refractivity contribution in [1.82, 2.24) is 41.4 Å². The predicted molar refractivity (Wildman–Crippen MR) is 275 cm³/mol. The summed E-state index contributed by atoms with van der Waals surface area (Å²) in [4.78, 5) is 110. The Labute approximate surface area is 429 Å². The van der Waals surface area contributed by atoms with Gasteiger partial charge in [0.25, 0.3) is 5.69 Å². The second kappa shape index (κ2) is 25.5. The molecule has 0 spiro atoms. The number of piperidine rings is 1. The summed E-state index contributed by atoms with van der Waals surface area (Å²) in [5, 5.41) is 26.8. The molecule has 4 aromatic rings. The van der Waals surface area contributed by atoms with E-state index >= 15 is 0 Å². The van der Waals surface area contributed by atoms with Gasteiger partial charge in [0.15, 0.2) is 0 Å². The average Bonchev–Trinajstić information content (AvgIpc) is 3.80. The van der Waals surface area contributed by atoms with Crippen LogP contribution in [0.2, 0.25) is 0 Å². The van der Waals surface area contributed by atoms with Crippen molar-refractivity contribution in [2.45, 2.75) is 108 Å². The molecule has 0 radical (unpaired) electrons. The molecule has 6 atom stereocenters. The number of halogens is 1. The molecule has 0 bridgehead atoms. The standard InChI is InChI=1S/C54H67FN10O9/c1-33(66)60-44(50(56)68)12-5-7-23-57-48(67)14-4-3-6-24-58-51(69)36-10-9-25-64(32-36)54(72)46(27-34-15-19-39(55)20-16-34)62-53(71)45(26-35-17-21-40(22-18-35)65(73)74)61-52(70)38-28-42-41-11-8-13-43-49(41)37(30-59-43)29-47(42)63(2)31-38/h8,11,13,15-22,28,30,36,38,44-47,59H,3-7,9-10,12,14,23-27,29,31-32H2,1-2H3,(H2,56,68)(H,57,67)(H,58,69)(H,60,66)(H,61,70)(H,62,71)/t36?,38-,44+,45+,46+,47-/m1/s1. The third kappa shape index (κ3) is 14.4. The number of hydrogen-bond acceptors (Lipinski definition) is 10. The van der Waals surface area contributed by atoms with E-state index < -0.39 is 64.3 Å². The zero-order valence-corrected chi connectivity index (χ0v) is 42.0. The van der Waals surface area contributed by atoms with E-state index in [1.54, 1.807) is 4.90 Å². The number of carbonyl (C=O) groups is 7. The molecule has 74 heavy (non-hydrogen) atoms. The van der Waals surface area contributed by atoms with Gasteiger partial charge in [0.05, 0.1) is 16.8 Å². The number of unbranched alkanes of at least 4 members (excludes halogenated alkanes) is 3. The van der Waals surface area contributed by atoms with Crippen LogP contribution in [0, 0.1) is 27.8 Å². The van der Waals surface area contributed by atoms with Crippen LogP contribution in [-0.2, 0) is 52.8 Å². The maximum Gasteiger partial charge on any atom is 0.269 e. The molecule has 1 aromatic heterocycles. The minimum Gasteiger partial charge on any atom is -0.368 e. The fourth-order valence-corrected chi connectivity index (χ4v) is 10.3. The van der Waals surface area contributed by atoms with Crippen LogP contribution in [0.4, 0.5) is 10.1 Å². The maximum absolute atomic E-state index is 14.6. The normalized spacial score (nSPS) is 18.4. The molecule has 7 amide bonds. The predicted octanol–water partition coefficient (Wildman–Crippen LogP) is 3.73. The van der Waals surface area contributed by atoms with Crippen molar-refractivity contribution >= 4 is 63.5 Å². The van der Waals surface area contributed by atoms with E-state index in [1.165, 1.54) is 61.0 Å². The number of nitrogens with one attached hydrogen (secondary N) is 6. The minimum atomic E-state index is -1.22. The average molecular weight is 1020 g/mol. The summed E-state index contributed by atoms with van der Waals surface area (Å²) < 4.78 is 14.1. The summed E-state index contributed by atoms with van der Waals surface area (Å²) in [6.45, 7) is 2.93. The van der Waals surface area contributed by atoms with E-state index in [-0.39, 0.29) is 48.8 Å². The molecule has 394 valence electrons. The van der Waals surface area contributed by atoms with Crippen LogP contribution in [0.25, 0.3) is 16.5 Å². The number of likely N-dealkylation sites (tertiary alicyclic amines) is 1. The van der Waals surface area contributed by atoms with E-state index in [9.17, 15) is 48.1 Å².